The molecule has 4 aromatic rings. The van der Waals surface area contributed by atoms with E-state index in [9.17, 15) is 18.8 Å². The van der Waals surface area contributed by atoms with Crippen LogP contribution in [0, 0.1) is 12.7 Å². The molecule has 0 fully saturated rings. The van der Waals surface area contributed by atoms with Crippen LogP contribution < -0.4 is 16.0 Å². The van der Waals surface area contributed by atoms with Crippen molar-refractivity contribution >= 4 is 23.3 Å². The van der Waals surface area contributed by atoms with Crippen LogP contribution in [0.15, 0.2) is 58.0 Å². The second kappa shape index (κ2) is 12.9. The summed E-state index contributed by atoms with van der Waals surface area (Å²) in [5.41, 5.74) is 5.72. The van der Waals surface area contributed by atoms with Crippen molar-refractivity contribution in [2.75, 3.05) is 13.7 Å². The Morgan fingerprint density at radius 3 is 2.47 bits per heavy atom. The topological polar surface area (TPSA) is 140 Å². The molecule has 10 nitrogen and oxygen atoms in total. The Morgan fingerprint density at radius 2 is 1.86 bits per heavy atom. The van der Waals surface area contributed by atoms with Crippen LogP contribution in [0.3, 0.4) is 0 Å². The van der Waals surface area contributed by atoms with Gasteiger partial charge in [-0.1, -0.05) is 22.8 Å². The number of ketones is 1. The number of pyridine rings is 1. The smallest absolute Gasteiger partial charge is 0.258 e. The Morgan fingerprint density at radius 1 is 1.12 bits per heavy atom. The summed E-state index contributed by atoms with van der Waals surface area (Å²) in [7, 11) is 1.44. The molecule has 2 N–H and O–H groups in total. The second-order valence-electron chi connectivity index (χ2n) is 10.9. The van der Waals surface area contributed by atoms with E-state index < -0.39 is 28.9 Å². The van der Waals surface area contributed by atoms with Crippen LogP contribution in [0.1, 0.15) is 55.0 Å². The fraction of sp³-hybridized carbons (Fsp3) is 0.323. The van der Waals surface area contributed by atoms with Crippen molar-refractivity contribution in [2.24, 2.45) is 5.73 Å². The third kappa shape index (κ3) is 7.54. The first-order valence-electron chi connectivity index (χ1n) is 13.4. The van der Waals surface area contributed by atoms with Crippen LogP contribution in [-0.4, -0.2) is 45.7 Å². The monoisotopic (exact) mass is 610 g/mol. The fourth-order valence-corrected chi connectivity index (χ4v) is 4.77. The number of methoxy groups -OCH3 is 1. The molecule has 2 heterocycles. The van der Waals surface area contributed by atoms with Crippen molar-refractivity contribution < 1.29 is 28.0 Å². The van der Waals surface area contributed by atoms with Gasteiger partial charge in [-0.15, -0.1) is 0 Å². The minimum absolute atomic E-state index is 0.157. The molecule has 0 bridgehead atoms. The minimum atomic E-state index is -0.978. The number of hydrogen-bond acceptors (Lipinski definition) is 8. The Hall–Kier alpha value is -4.35. The lowest BCUT2D eigenvalue weighted by Crippen LogP contribution is -2.32. The number of Topliss-reactive ketones (excluding diaryl/α,β-unsaturated/α-hetero) is 1. The van der Waals surface area contributed by atoms with Gasteiger partial charge < -0.3 is 24.3 Å². The standard InChI is InChI=1S/C31H32ClFN4O6/c1-17-35-30(43-36-17)20-9-7-19(32)14-22(20)23-15-28(39)37(16-27(23)41-5)25(10-11-42-31(2,3)4)26(38)13-18-6-8-21(29(34)40)24(33)12-18/h6-9,12,14-16,25H,10-11,13H2,1-5H3,(H2,34,40). The molecule has 1 atom stereocenters. The van der Waals surface area contributed by atoms with Crippen LogP contribution in [0.2, 0.25) is 5.02 Å². The Labute approximate surface area is 252 Å². The summed E-state index contributed by atoms with van der Waals surface area (Å²) in [5, 5.41) is 4.26. The number of hydrogen-bond donors (Lipinski definition) is 1. The lowest BCUT2D eigenvalue weighted by Gasteiger charge is -2.24. The number of amides is 1. The molecule has 0 saturated carbocycles. The van der Waals surface area contributed by atoms with E-state index in [2.05, 4.69) is 10.1 Å². The number of carbonyl (C=O) groups is 2. The molecular formula is C31H32ClFN4O6. The first kappa shape index (κ1) is 31.6. The molecular weight excluding hydrogens is 579 g/mol. The molecule has 2 aromatic carbocycles. The maximum atomic E-state index is 14.4. The maximum absolute atomic E-state index is 14.4. The highest BCUT2D eigenvalue weighted by molar-refractivity contribution is 6.31. The quantitative estimate of drug-likeness (QED) is 0.240. The number of halogens is 2. The molecule has 0 saturated heterocycles. The summed E-state index contributed by atoms with van der Waals surface area (Å²) in [5.74, 6) is -1.17. The normalized spacial score (nSPS) is 12.3. The number of nitrogens with zero attached hydrogens (tertiary/aromatic N) is 3. The third-order valence-corrected chi connectivity index (χ3v) is 6.84. The maximum Gasteiger partial charge on any atom is 0.258 e. The van der Waals surface area contributed by atoms with Gasteiger partial charge in [0, 0.05) is 35.2 Å². The second-order valence-corrected chi connectivity index (χ2v) is 11.4. The molecule has 1 amide bonds. The predicted octanol–water partition coefficient (Wildman–Crippen LogP) is 5.33. The van der Waals surface area contributed by atoms with E-state index in [-0.39, 0.29) is 42.4 Å². The van der Waals surface area contributed by atoms with Gasteiger partial charge in [-0.3, -0.25) is 14.4 Å². The number of rotatable bonds is 11. The molecule has 2 aromatic heterocycles. The van der Waals surface area contributed by atoms with E-state index in [1.807, 2.05) is 20.8 Å². The van der Waals surface area contributed by atoms with Crippen molar-refractivity contribution in [3.8, 4) is 28.3 Å². The van der Waals surface area contributed by atoms with Gasteiger partial charge in [-0.05, 0) is 75.6 Å². The third-order valence-electron chi connectivity index (χ3n) is 6.60. The van der Waals surface area contributed by atoms with E-state index in [1.165, 1.54) is 36.1 Å². The molecule has 0 aliphatic rings. The molecule has 0 aliphatic heterocycles. The number of carbonyl (C=O) groups excluding carboxylic acids is 2. The fourth-order valence-electron chi connectivity index (χ4n) is 4.60. The lowest BCUT2D eigenvalue weighted by atomic mass is 9.97. The average Bonchev–Trinajstić information content (AvgIpc) is 3.36. The average molecular weight is 611 g/mol. The van der Waals surface area contributed by atoms with Crippen molar-refractivity contribution in [2.45, 2.75) is 52.2 Å². The summed E-state index contributed by atoms with van der Waals surface area (Å²) in [6, 6.07) is 9.17. The summed E-state index contributed by atoms with van der Waals surface area (Å²) in [4.78, 5) is 43.1. The van der Waals surface area contributed by atoms with Gasteiger partial charge in [0.05, 0.1) is 30.5 Å². The zero-order valence-corrected chi connectivity index (χ0v) is 25.2. The van der Waals surface area contributed by atoms with Crippen molar-refractivity contribution in [1.82, 2.24) is 14.7 Å². The van der Waals surface area contributed by atoms with Gasteiger partial charge in [0.2, 0.25) is 0 Å². The summed E-state index contributed by atoms with van der Waals surface area (Å²) < 4.78 is 32.6. The molecule has 12 heteroatoms. The Kier molecular flexibility index (Phi) is 9.46. The first-order chi connectivity index (χ1) is 20.3. The Bertz CT molecular complexity index is 1730. The van der Waals surface area contributed by atoms with Gasteiger partial charge in [-0.2, -0.15) is 4.98 Å². The van der Waals surface area contributed by atoms with E-state index in [4.69, 9.17) is 31.3 Å². The van der Waals surface area contributed by atoms with Gasteiger partial charge in [0.25, 0.3) is 17.4 Å². The minimum Gasteiger partial charge on any atom is -0.495 e. The number of nitrogens with two attached hydrogens (primary N) is 1. The summed E-state index contributed by atoms with van der Waals surface area (Å²) in [6.07, 6.45) is 1.41. The van der Waals surface area contributed by atoms with Gasteiger partial charge >= 0.3 is 0 Å². The Balaban J connectivity index is 1.77. The van der Waals surface area contributed by atoms with E-state index in [1.54, 1.807) is 25.1 Å². The van der Waals surface area contributed by atoms with Crippen molar-refractivity contribution in [3.05, 3.63) is 86.8 Å². The number of ether oxygens (including phenoxy) is 2. The lowest BCUT2D eigenvalue weighted by molar-refractivity contribution is -0.122. The van der Waals surface area contributed by atoms with E-state index in [0.29, 0.717) is 33.1 Å². The van der Waals surface area contributed by atoms with Gasteiger partial charge in [-0.25, -0.2) is 4.39 Å². The van der Waals surface area contributed by atoms with E-state index in [0.717, 1.165) is 6.07 Å². The van der Waals surface area contributed by atoms with Crippen LogP contribution in [-0.2, 0) is 16.0 Å². The molecule has 0 aliphatic carbocycles. The number of aryl methyl sites for hydroxylation is 1. The van der Waals surface area contributed by atoms with Crippen LogP contribution in [0.5, 0.6) is 5.75 Å². The number of aromatic nitrogens is 3. The zero-order chi connectivity index (χ0) is 31.5. The van der Waals surface area contributed by atoms with Crippen molar-refractivity contribution in [3.63, 3.8) is 0 Å². The molecule has 0 radical (unpaired) electrons. The highest BCUT2D eigenvalue weighted by Gasteiger charge is 2.26. The van der Waals surface area contributed by atoms with Crippen molar-refractivity contribution in [1.29, 1.82) is 0 Å². The van der Waals surface area contributed by atoms with Crippen LogP contribution >= 0.6 is 11.6 Å². The molecule has 0 spiro atoms. The number of primary amides is 1. The molecule has 226 valence electrons. The van der Waals surface area contributed by atoms with Crippen LogP contribution in [0.4, 0.5) is 4.39 Å². The summed E-state index contributed by atoms with van der Waals surface area (Å²) >= 11 is 6.33. The molecule has 43 heavy (non-hydrogen) atoms. The van der Waals surface area contributed by atoms with Gasteiger partial charge in [0.1, 0.15) is 11.6 Å². The zero-order valence-electron chi connectivity index (χ0n) is 24.4. The molecule has 1 unspecified atom stereocenters. The number of benzene rings is 2. The largest absolute Gasteiger partial charge is 0.495 e. The van der Waals surface area contributed by atoms with E-state index >= 15 is 0 Å². The summed E-state index contributed by atoms with van der Waals surface area (Å²) in [6.45, 7) is 7.49. The SMILES string of the molecule is COc1cn(C(CCOC(C)(C)C)C(=O)Cc2ccc(C(N)=O)c(F)c2)c(=O)cc1-c1cc(Cl)ccc1-c1nc(C)no1. The molecule has 4 rings (SSSR count). The highest BCUT2D eigenvalue weighted by Crippen LogP contribution is 2.38. The van der Waals surface area contributed by atoms with Crippen LogP contribution in [0.25, 0.3) is 22.6 Å². The predicted molar refractivity (Wildman–Crippen MR) is 159 cm³/mol. The van der Waals surface area contributed by atoms with Gasteiger partial charge in [0.15, 0.2) is 11.6 Å². The first-order valence-corrected chi connectivity index (χ1v) is 13.8. The highest BCUT2D eigenvalue weighted by atomic mass is 35.5.